The number of aliphatic hydroxyl groups is 1. The highest BCUT2D eigenvalue weighted by Gasteiger charge is 2.05. The van der Waals surface area contributed by atoms with Crippen LogP contribution in [0.4, 0.5) is 0 Å². The first kappa shape index (κ1) is 13.1. The van der Waals surface area contributed by atoms with Gasteiger partial charge in [-0.3, -0.25) is 0 Å². The largest absolute Gasteiger partial charge is 0.489 e. The Balaban J connectivity index is 2.13. The van der Waals surface area contributed by atoms with Crippen molar-refractivity contribution in [1.82, 2.24) is 0 Å². The molecule has 0 amide bonds. The lowest BCUT2D eigenvalue weighted by atomic mass is 10.1. The number of hydrogen-bond donors (Lipinski definition) is 1. The zero-order valence-electron chi connectivity index (χ0n) is 10.5. The minimum atomic E-state index is 0.0924. The molecule has 0 bridgehead atoms. The molecule has 0 atom stereocenters. The third kappa shape index (κ3) is 3.34. The maximum absolute atomic E-state index is 9.02. The molecule has 3 nitrogen and oxygen atoms in total. The lowest BCUT2D eigenvalue weighted by molar-refractivity contribution is 0.284. The van der Waals surface area contributed by atoms with E-state index in [0.29, 0.717) is 18.6 Å². The molecular weight excluding hydrogens is 238 g/mol. The molecule has 0 aliphatic carbocycles. The fourth-order valence-electron chi connectivity index (χ4n) is 1.88. The quantitative estimate of drug-likeness (QED) is 0.891. The van der Waals surface area contributed by atoms with E-state index in [1.807, 2.05) is 42.5 Å². The summed E-state index contributed by atoms with van der Waals surface area (Å²) in [5.41, 5.74) is 2.46. The van der Waals surface area contributed by atoms with Crippen molar-refractivity contribution in [2.45, 2.75) is 13.0 Å². The van der Waals surface area contributed by atoms with Gasteiger partial charge in [0.1, 0.15) is 12.4 Å². The summed E-state index contributed by atoms with van der Waals surface area (Å²) in [7, 11) is 0. The number of benzene rings is 2. The second kappa shape index (κ2) is 6.58. The average molecular weight is 253 g/mol. The highest BCUT2D eigenvalue weighted by atomic mass is 16.5. The molecule has 2 aromatic rings. The first-order chi connectivity index (χ1) is 9.35. The Morgan fingerprint density at radius 2 is 1.68 bits per heavy atom. The molecule has 2 aromatic carbocycles. The molecule has 0 aromatic heterocycles. The second-order valence-electron chi connectivity index (χ2n) is 4.14. The molecule has 0 radical (unpaired) electrons. The molecule has 0 saturated heterocycles. The Bertz CT molecular complexity index is 587. The van der Waals surface area contributed by atoms with Crippen molar-refractivity contribution in [3.8, 4) is 11.8 Å². The van der Waals surface area contributed by atoms with Crippen LogP contribution in [-0.4, -0.2) is 11.7 Å². The Labute approximate surface area is 112 Å². The van der Waals surface area contributed by atoms with E-state index in [1.165, 1.54) is 0 Å². The zero-order chi connectivity index (χ0) is 13.5. The molecule has 0 spiro atoms. The fraction of sp³-hybridized carbons (Fsp3) is 0.188. The molecule has 0 aliphatic heterocycles. The van der Waals surface area contributed by atoms with Gasteiger partial charge in [0, 0.05) is 12.2 Å². The monoisotopic (exact) mass is 253 g/mol. The van der Waals surface area contributed by atoms with Crippen LogP contribution in [0.1, 0.15) is 16.7 Å². The average Bonchev–Trinajstić information content (AvgIpc) is 2.47. The molecule has 3 heteroatoms. The van der Waals surface area contributed by atoms with Crippen LogP contribution in [0.25, 0.3) is 0 Å². The van der Waals surface area contributed by atoms with Crippen LogP contribution in [0.3, 0.4) is 0 Å². The van der Waals surface area contributed by atoms with Gasteiger partial charge in [0.25, 0.3) is 0 Å². The van der Waals surface area contributed by atoms with Gasteiger partial charge in [0.05, 0.1) is 11.6 Å². The van der Waals surface area contributed by atoms with Gasteiger partial charge in [-0.1, -0.05) is 36.4 Å². The summed E-state index contributed by atoms with van der Waals surface area (Å²) >= 11 is 0. The summed E-state index contributed by atoms with van der Waals surface area (Å²) in [4.78, 5) is 0. The summed E-state index contributed by atoms with van der Waals surface area (Å²) < 4.78 is 5.76. The highest BCUT2D eigenvalue weighted by Crippen LogP contribution is 2.20. The van der Waals surface area contributed by atoms with Crippen molar-refractivity contribution in [2.75, 3.05) is 6.61 Å². The van der Waals surface area contributed by atoms with E-state index in [0.717, 1.165) is 16.9 Å². The van der Waals surface area contributed by atoms with Crippen LogP contribution < -0.4 is 4.74 Å². The first-order valence-electron chi connectivity index (χ1n) is 6.14. The summed E-state index contributed by atoms with van der Waals surface area (Å²) in [5.74, 6) is 0.754. The van der Waals surface area contributed by atoms with E-state index in [4.69, 9.17) is 15.1 Å². The Hall–Kier alpha value is -2.31. The molecule has 2 rings (SSSR count). The van der Waals surface area contributed by atoms with Crippen molar-refractivity contribution in [3.63, 3.8) is 0 Å². The zero-order valence-corrected chi connectivity index (χ0v) is 10.5. The van der Waals surface area contributed by atoms with Crippen molar-refractivity contribution in [2.24, 2.45) is 0 Å². The fourth-order valence-corrected chi connectivity index (χ4v) is 1.88. The smallest absolute Gasteiger partial charge is 0.123 e. The molecule has 0 saturated carbocycles. The normalized spacial score (nSPS) is 9.89. The SMILES string of the molecule is N#Cc1ccccc1COc1ccccc1CCO. The van der Waals surface area contributed by atoms with E-state index < -0.39 is 0 Å². The maximum atomic E-state index is 9.02. The first-order valence-corrected chi connectivity index (χ1v) is 6.14. The number of rotatable bonds is 5. The summed E-state index contributed by atoms with van der Waals surface area (Å²) in [6.07, 6.45) is 0.566. The minimum Gasteiger partial charge on any atom is -0.489 e. The van der Waals surface area contributed by atoms with Gasteiger partial charge in [-0.25, -0.2) is 0 Å². The molecular formula is C16H15NO2. The van der Waals surface area contributed by atoms with E-state index in [2.05, 4.69) is 6.07 Å². The molecule has 0 heterocycles. The maximum Gasteiger partial charge on any atom is 0.123 e. The molecule has 1 N–H and O–H groups in total. The summed E-state index contributed by atoms with van der Waals surface area (Å²) in [6, 6.07) is 17.2. The van der Waals surface area contributed by atoms with Crippen LogP contribution in [0.15, 0.2) is 48.5 Å². The van der Waals surface area contributed by atoms with Gasteiger partial charge >= 0.3 is 0 Å². The molecule has 96 valence electrons. The lowest BCUT2D eigenvalue weighted by Gasteiger charge is -2.11. The number of nitrogens with zero attached hydrogens (tertiary/aromatic N) is 1. The number of hydrogen-bond acceptors (Lipinski definition) is 3. The van der Waals surface area contributed by atoms with Crippen molar-refractivity contribution in [3.05, 3.63) is 65.2 Å². The Kier molecular flexibility index (Phi) is 4.54. The van der Waals surface area contributed by atoms with Crippen LogP contribution >= 0.6 is 0 Å². The highest BCUT2D eigenvalue weighted by molar-refractivity contribution is 5.38. The van der Waals surface area contributed by atoms with E-state index in [1.54, 1.807) is 6.07 Å². The van der Waals surface area contributed by atoms with E-state index in [9.17, 15) is 0 Å². The molecule has 0 aliphatic rings. The van der Waals surface area contributed by atoms with E-state index >= 15 is 0 Å². The molecule has 19 heavy (non-hydrogen) atoms. The topological polar surface area (TPSA) is 53.2 Å². The lowest BCUT2D eigenvalue weighted by Crippen LogP contribution is -2.01. The van der Waals surface area contributed by atoms with E-state index in [-0.39, 0.29) is 6.61 Å². The Morgan fingerprint density at radius 1 is 1.00 bits per heavy atom. The van der Waals surface area contributed by atoms with Gasteiger partial charge in [-0.2, -0.15) is 5.26 Å². The van der Waals surface area contributed by atoms with Crippen molar-refractivity contribution < 1.29 is 9.84 Å². The van der Waals surface area contributed by atoms with Gasteiger partial charge in [0.15, 0.2) is 0 Å². The molecule has 0 unspecified atom stereocenters. The van der Waals surface area contributed by atoms with Gasteiger partial charge < -0.3 is 9.84 Å². The predicted molar refractivity (Wildman–Crippen MR) is 72.7 cm³/mol. The predicted octanol–water partition coefficient (Wildman–Crippen LogP) is 2.67. The minimum absolute atomic E-state index is 0.0924. The number of nitriles is 1. The number of aliphatic hydroxyl groups excluding tert-OH is 1. The van der Waals surface area contributed by atoms with Gasteiger partial charge in [-0.15, -0.1) is 0 Å². The third-order valence-electron chi connectivity index (χ3n) is 2.87. The van der Waals surface area contributed by atoms with Crippen molar-refractivity contribution >= 4 is 0 Å². The Morgan fingerprint density at radius 3 is 2.42 bits per heavy atom. The third-order valence-corrected chi connectivity index (χ3v) is 2.87. The number of para-hydroxylation sites is 1. The molecule has 0 fully saturated rings. The van der Waals surface area contributed by atoms with Crippen LogP contribution in [0, 0.1) is 11.3 Å². The van der Waals surface area contributed by atoms with Gasteiger partial charge in [0.2, 0.25) is 0 Å². The van der Waals surface area contributed by atoms with Crippen LogP contribution in [0.5, 0.6) is 5.75 Å². The van der Waals surface area contributed by atoms with Crippen LogP contribution in [0.2, 0.25) is 0 Å². The van der Waals surface area contributed by atoms with Gasteiger partial charge in [-0.05, 0) is 24.1 Å². The number of ether oxygens (including phenoxy) is 1. The van der Waals surface area contributed by atoms with Crippen LogP contribution in [-0.2, 0) is 13.0 Å². The summed E-state index contributed by atoms with van der Waals surface area (Å²) in [5, 5.41) is 18.0. The summed E-state index contributed by atoms with van der Waals surface area (Å²) in [6.45, 7) is 0.446. The second-order valence-corrected chi connectivity index (χ2v) is 4.14. The van der Waals surface area contributed by atoms with Crippen molar-refractivity contribution in [1.29, 1.82) is 5.26 Å². The standard InChI is InChI=1S/C16H15NO2/c17-11-14-6-1-2-7-15(14)12-19-16-8-4-3-5-13(16)9-10-18/h1-8,18H,9-10,12H2.